The summed E-state index contributed by atoms with van der Waals surface area (Å²) in [6.45, 7) is 8.27. The number of carbonyl (C=O) groups is 1. The third kappa shape index (κ3) is 7.90. The van der Waals surface area contributed by atoms with Gasteiger partial charge in [0.1, 0.15) is 24.1 Å². The van der Waals surface area contributed by atoms with E-state index in [0.717, 1.165) is 0 Å². The molecule has 12 nitrogen and oxygen atoms in total. The smallest absolute Gasteiger partial charge is 0.473 e. The molecule has 33 heavy (non-hydrogen) atoms. The number of phosphoric ester groups is 1. The topological polar surface area (TPSA) is 184 Å². The second-order valence-electron chi connectivity index (χ2n) is 8.93. The Hall–Kier alpha value is -1.76. The normalized spacial score (nSPS) is 27.8. The molecule has 6 unspecified atom stereocenters. The van der Waals surface area contributed by atoms with E-state index in [1.165, 1.54) is 12.1 Å². The Balaban J connectivity index is 2.22. The van der Waals surface area contributed by atoms with Crippen LogP contribution >= 0.6 is 7.82 Å². The number of rotatable bonds is 9. The average molecular weight is 493 g/mol. The number of benzene rings is 1. The second kappa shape index (κ2) is 10.7. The molecule has 188 valence electrons. The van der Waals surface area contributed by atoms with Crippen molar-refractivity contribution in [3.63, 3.8) is 0 Å². The first-order valence-electron chi connectivity index (χ1n) is 10.3. The summed E-state index contributed by atoms with van der Waals surface area (Å²) in [6.07, 6.45) is -8.75. The predicted molar refractivity (Wildman–Crippen MR) is 116 cm³/mol. The lowest BCUT2D eigenvalue weighted by Gasteiger charge is -2.38. The molecule has 6 atom stereocenters. The standard InChI is InChI=1S/C20H32NO11P/c1-10(2)21-12-8-11(9-29-33(27,28)32-20(3,4)5)6-7-13(12)30-19-16(24)14(22)15(23)17(31-19)18(25)26/h6-8,10,14-17,19,21-24H,9H2,1-5H3,(H,25,26)(H,27,28). The van der Waals surface area contributed by atoms with Gasteiger partial charge in [-0.1, -0.05) is 6.07 Å². The molecule has 0 spiro atoms. The van der Waals surface area contributed by atoms with Gasteiger partial charge in [0, 0.05) is 6.04 Å². The summed E-state index contributed by atoms with van der Waals surface area (Å²) in [7, 11) is -4.31. The van der Waals surface area contributed by atoms with Crippen molar-refractivity contribution < 1.29 is 53.2 Å². The van der Waals surface area contributed by atoms with Crippen molar-refractivity contribution in [3.05, 3.63) is 23.8 Å². The van der Waals surface area contributed by atoms with Gasteiger partial charge in [-0.05, 0) is 52.3 Å². The van der Waals surface area contributed by atoms with E-state index in [4.69, 9.17) is 18.5 Å². The van der Waals surface area contributed by atoms with E-state index in [9.17, 15) is 34.7 Å². The fourth-order valence-corrected chi connectivity index (χ4v) is 4.05. The number of aliphatic hydroxyl groups excluding tert-OH is 3. The van der Waals surface area contributed by atoms with Crippen molar-refractivity contribution in [2.75, 3.05) is 5.32 Å². The van der Waals surface area contributed by atoms with Crippen LogP contribution in [0.1, 0.15) is 40.2 Å². The zero-order valence-corrected chi connectivity index (χ0v) is 19.9. The molecular formula is C20H32NO11P. The number of nitrogens with one attached hydrogen (secondary N) is 1. The van der Waals surface area contributed by atoms with Crippen LogP contribution in [-0.2, 0) is 29.8 Å². The molecule has 1 heterocycles. The summed E-state index contributed by atoms with van der Waals surface area (Å²) >= 11 is 0. The number of carboxylic acid groups (broad SMARTS) is 1. The van der Waals surface area contributed by atoms with Crippen molar-refractivity contribution in [2.45, 2.75) is 83.6 Å². The van der Waals surface area contributed by atoms with Gasteiger partial charge >= 0.3 is 13.8 Å². The fraction of sp³-hybridized carbons (Fsp3) is 0.650. The summed E-state index contributed by atoms with van der Waals surface area (Å²) < 4.78 is 33.0. The number of aliphatic hydroxyl groups is 3. The Bertz CT molecular complexity index is 872. The van der Waals surface area contributed by atoms with Crippen LogP contribution in [0.4, 0.5) is 5.69 Å². The minimum Gasteiger partial charge on any atom is -0.479 e. The molecule has 2 rings (SSSR count). The van der Waals surface area contributed by atoms with E-state index in [1.54, 1.807) is 26.8 Å². The lowest BCUT2D eigenvalue weighted by atomic mass is 9.99. The van der Waals surface area contributed by atoms with E-state index in [-0.39, 0.29) is 18.4 Å². The van der Waals surface area contributed by atoms with Gasteiger partial charge in [0.05, 0.1) is 17.9 Å². The van der Waals surface area contributed by atoms with Crippen molar-refractivity contribution in [3.8, 4) is 5.75 Å². The molecule has 1 fully saturated rings. The Kier molecular flexibility index (Phi) is 8.88. The quantitative estimate of drug-likeness (QED) is 0.271. The van der Waals surface area contributed by atoms with E-state index >= 15 is 0 Å². The molecule has 13 heteroatoms. The molecule has 0 aliphatic carbocycles. The highest BCUT2D eigenvalue weighted by atomic mass is 31.2. The van der Waals surface area contributed by atoms with Crippen LogP contribution < -0.4 is 10.1 Å². The Labute approximate surface area is 191 Å². The Morgan fingerprint density at radius 2 is 1.82 bits per heavy atom. The number of aliphatic carboxylic acids is 1. The van der Waals surface area contributed by atoms with Gasteiger partial charge in [0.15, 0.2) is 6.10 Å². The zero-order chi connectivity index (χ0) is 25.1. The number of phosphoric acid groups is 1. The maximum atomic E-state index is 12.1. The summed E-state index contributed by atoms with van der Waals surface area (Å²) in [5.74, 6) is -1.39. The lowest BCUT2D eigenvalue weighted by Crippen LogP contribution is -2.61. The first-order chi connectivity index (χ1) is 15.1. The first kappa shape index (κ1) is 27.5. The van der Waals surface area contributed by atoms with Crippen LogP contribution in [-0.4, -0.2) is 73.6 Å². The molecule has 0 radical (unpaired) electrons. The average Bonchev–Trinajstić information content (AvgIpc) is 2.65. The van der Waals surface area contributed by atoms with E-state index in [2.05, 4.69) is 5.32 Å². The van der Waals surface area contributed by atoms with Crippen molar-refractivity contribution in [2.24, 2.45) is 0 Å². The number of carboxylic acids is 1. The molecule has 1 aromatic carbocycles. The molecule has 1 aromatic rings. The van der Waals surface area contributed by atoms with E-state index in [0.29, 0.717) is 11.3 Å². The second-order valence-corrected chi connectivity index (χ2v) is 10.3. The summed E-state index contributed by atoms with van der Waals surface area (Å²) in [5, 5.41) is 42.3. The van der Waals surface area contributed by atoms with Gasteiger partial charge < -0.3 is 40.1 Å². The van der Waals surface area contributed by atoms with Crippen molar-refractivity contribution in [1.82, 2.24) is 0 Å². The number of anilines is 1. The van der Waals surface area contributed by atoms with Gasteiger partial charge in [-0.2, -0.15) is 0 Å². The van der Waals surface area contributed by atoms with Crippen LogP contribution in [0, 0.1) is 0 Å². The predicted octanol–water partition coefficient (Wildman–Crippen LogP) is 1.21. The first-order valence-corrected chi connectivity index (χ1v) is 11.8. The van der Waals surface area contributed by atoms with E-state index < -0.39 is 50.1 Å². The van der Waals surface area contributed by atoms with Crippen LogP contribution in [0.2, 0.25) is 0 Å². The van der Waals surface area contributed by atoms with Crippen LogP contribution in [0.3, 0.4) is 0 Å². The van der Waals surface area contributed by atoms with E-state index in [1.807, 2.05) is 13.8 Å². The monoisotopic (exact) mass is 493 g/mol. The highest BCUT2D eigenvalue weighted by Crippen LogP contribution is 2.48. The van der Waals surface area contributed by atoms with Crippen LogP contribution in [0.5, 0.6) is 5.75 Å². The van der Waals surface area contributed by atoms with Gasteiger partial charge in [0.2, 0.25) is 6.29 Å². The zero-order valence-electron chi connectivity index (χ0n) is 19.0. The Morgan fingerprint density at radius 1 is 1.18 bits per heavy atom. The largest absolute Gasteiger partial charge is 0.479 e. The molecule has 0 amide bonds. The number of ether oxygens (including phenoxy) is 2. The van der Waals surface area contributed by atoms with Gasteiger partial charge in [0.25, 0.3) is 0 Å². The number of hydrogen-bond acceptors (Lipinski definition) is 10. The SMILES string of the molecule is CC(C)Nc1cc(COP(=O)(O)OC(C)(C)C)ccc1OC1OC(C(=O)O)C(O)C(O)C1O. The summed E-state index contributed by atoms with van der Waals surface area (Å²) in [4.78, 5) is 21.2. The summed E-state index contributed by atoms with van der Waals surface area (Å²) in [5.41, 5.74) is -0.0146. The van der Waals surface area contributed by atoms with Gasteiger partial charge in [-0.3, -0.25) is 9.05 Å². The minimum absolute atomic E-state index is 0.0759. The molecule has 1 aliphatic rings. The highest BCUT2D eigenvalue weighted by Gasteiger charge is 2.48. The third-order valence-corrected chi connectivity index (χ3v) is 5.56. The highest BCUT2D eigenvalue weighted by molar-refractivity contribution is 7.47. The fourth-order valence-electron chi connectivity index (χ4n) is 3.00. The molecular weight excluding hydrogens is 461 g/mol. The third-order valence-electron chi connectivity index (χ3n) is 4.33. The maximum Gasteiger partial charge on any atom is 0.473 e. The molecule has 6 N–H and O–H groups in total. The van der Waals surface area contributed by atoms with Crippen LogP contribution in [0.15, 0.2) is 18.2 Å². The van der Waals surface area contributed by atoms with Gasteiger partial charge in [-0.25, -0.2) is 9.36 Å². The molecule has 0 bridgehead atoms. The maximum absolute atomic E-state index is 12.1. The van der Waals surface area contributed by atoms with Gasteiger partial charge in [-0.15, -0.1) is 0 Å². The lowest BCUT2D eigenvalue weighted by molar-refractivity contribution is -0.271. The minimum atomic E-state index is -4.31. The Morgan fingerprint density at radius 3 is 2.36 bits per heavy atom. The van der Waals surface area contributed by atoms with Crippen LogP contribution in [0.25, 0.3) is 0 Å². The molecule has 1 aliphatic heterocycles. The summed E-state index contributed by atoms with van der Waals surface area (Å²) in [6, 6.07) is 4.47. The molecule has 1 saturated heterocycles. The molecule has 0 saturated carbocycles. The molecule has 0 aromatic heterocycles. The van der Waals surface area contributed by atoms with Crippen molar-refractivity contribution in [1.29, 1.82) is 0 Å². The number of hydrogen-bond donors (Lipinski definition) is 6. The van der Waals surface area contributed by atoms with Crippen molar-refractivity contribution >= 4 is 19.5 Å².